The van der Waals surface area contributed by atoms with Crippen LogP contribution >= 0.6 is 11.6 Å². The van der Waals surface area contributed by atoms with E-state index in [0.29, 0.717) is 12.3 Å². The van der Waals surface area contributed by atoms with E-state index in [2.05, 4.69) is 5.32 Å². The fraction of sp³-hybridized carbons (Fsp3) is 0.833. The highest BCUT2D eigenvalue weighted by Crippen LogP contribution is 1.86. The van der Waals surface area contributed by atoms with E-state index in [-0.39, 0.29) is 18.6 Å². The molecule has 1 atom stereocenters. The summed E-state index contributed by atoms with van der Waals surface area (Å²) >= 11 is 5.30. The Morgan fingerprint density at radius 2 is 2.40 bits per heavy atom. The minimum atomic E-state index is -0.171. The van der Waals surface area contributed by atoms with Crippen molar-refractivity contribution in [3.05, 3.63) is 0 Å². The van der Waals surface area contributed by atoms with Gasteiger partial charge < -0.3 is 10.4 Å². The Hall–Kier alpha value is -0.280. The Kier molecular flexibility index (Phi) is 5.35. The van der Waals surface area contributed by atoms with Crippen LogP contribution in [0.3, 0.4) is 0 Å². The molecule has 0 saturated heterocycles. The first kappa shape index (κ1) is 9.72. The van der Waals surface area contributed by atoms with Crippen molar-refractivity contribution in [2.24, 2.45) is 0 Å². The van der Waals surface area contributed by atoms with E-state index in [4.69, 9.17) is 16.7 Å². The predicted octanol–water partition coefficient (Wildman–Crippen LogP) is 0.112. The highest BCUT2D eigenvalue weighted by Gasteiger charge is 2.03. The first-order valence-corrected chi connectivity index (χ1v) is 3.70. The zero-order chi connectivity index (χ0) is 7.98. The monoisotopic (exact) mass is 165 g/mol. The van der Waals surface area contributed by atoms with Crippen molar-refractivity contribution in [1.82, 2.24) is 5.32 Å². The van der Waals surface area contributed by atoms with Crippen molar-refractivity contribution in [3.63, 3.8) is 0 Å². The van der Waals surface area contributed by atoms with Crippen molar-refractivity contribution in [2.75, 3.05) is 12.5 Å². The molecule has 0 rings (SSSR count). The summed E-state index contributed by atoms with van der Waals surface area (Å²) in [5.74, 6) is 0.209. The Morgan fingerprint density at radius 1 is 1.80 bits per heavy atom. The Morgan fingerprint density at radius 3 is 2.80 bits per heavy atom. The van der Waals surface area contributed by atoms with Crippen LogP contribution in [0.4, 0.5) is 0 Å². The summed E-state index contributed by atoms with van der Waals surface area (Å²) in [6.07, 6.45) is 0.311. The third kappa shape index (κ3) is 4.58. The van der Waals surface area contributed by atoms with Gasteiger partial charge in [-0.1, -0.05) is 0 Å². The first-order chi connectivity index (χ1) is 4.70. The van der Waals surface area contributed by atoms with Crippen LogP contribution in [0, 0.1) is 0 Å². The van der Waals surface area contributed by atoms with Gasteiger partial charge in [0.25, 0.3) is 0 Å². The molecule has 0 aliphatic heterocycles. The van der Waals surface area contributed by atoms with E-state index < -0.39 is 0 Å². The number of aliphatic hydroxyl groups is 1. The number of amides is 1. The lowest BCUT2D eigenvalue weighted by Crippen LogP contribution is -2.34. The molecule has 0 aliphatic carbocycles. The van der Waals surface area contributed by atoms with E-state index in [0.717, 1.165) is 0 Å². The van der Waals surface area contributed by atoms with Crippen molar-refractivity contribution >= 4 is 17.5 Å². The summed E-state index contributed by atoms with van der Waals surface area (Å²) in [7, 11) is 0. The number of alkyl halides is 1. The van der Waals surface area contributed by atoms with Gasteiger partial charge in [-0.05, 0) is 6.92 Å². The van der Waals surface area contributed by atoms with Crippen molar-refractivity contribution in [1.29, 1.82) is 0 Å². The predicted molar refractivity (Wildman–Crippen MR) is 40.0 cm³/mol. The molecule has 0 radical (unpaired) electrons. The van der Waals surface area contributed by atoms with Gasteiger partial charge in [-0.15, -0.1) is 11.6 Å². The van der Waals surface area contributed by atoms with E-state index >= 15 is 0 Å². The Labute approximate surface area is 65.4 Å². The van der Waals surface area contributed by atoms with Crippen LogP contribution in [0.15, 0.2) is 0 Å². The number of carbonyl (C=O) groups excluding carboxylic acids is 1. The fourth-order valence-corrected chi connectivity index (χ4v) is 0.650. The molecular formula is C6H12ClNO2. The van der Waals surface area contributed by atoms with Gasteiger partial charge in [-0.25, -0.2) is 0 Å². The molecule has 0 spiro atoms. The molecule has 0 aromatic rings. The largest absolute Gasteiger partial charge is 0.394 e. The quantitative estimate of drug-likeness (QED) is 0.581. The van der Waals surface area contributed by atoms with Gasteiger partial charge in [-0.3, -0.25) is 4.79 Å². The number of carbonyl (C=O) groups is 1. The molecule has 2 N–H and O–H groups in total. The molecule has 0 unspecified atom stereocenters. The first-order valence-electron chi connectivity index (χ1n) is 3.17. The van der Waals surface area contributed by atoms with Gasteiger partial charge in [0.1, 0.15) is 0 Å². The van der Waals surface area contributed by atoms with E-state index in [1.54, 1.807) is 6.92 Å². The third-order valence-electron chi connectivity index (χ3n) is 1.00. The number of hydrogen-bond acceptors (Lipinski definition) is 2. The molecule has 10 heavy (non-hydrogen) atoms. The molecule has 0 bridgehead atoms. The second-order valence-electron chi connectivity index (χ2n) is 2.09. The van der Waals surface area contributed by atoms with Gasteiger partial charge >= 0.3 is 0 Å². The second kappa shape index (κ2) is 5.50. The normalized spacial score (nSPS) is 12.7. The van der Waals surface area contributed by atoms with Crippen molar-refractivity contribution < 1.29 is 9.90 Å². The van der Waals surface area contributed by atoms with Crippen LogP contribution in [-0.2, 0) is 4.79 Å². The van der Waals surface area contributed by atoms with Crippen molar-refractivity contribution in [2.45, 2.75) is 19.4 Å². The number of rotatable bonds is 4. The lowest BCUT2D eigenvalue weighted by atomic mass is 10.3. The minimum Gasteiger partial charge on any atom is -0.394 e. The molecule has 4 heteroatoms. The average Bonchev–Trinajstić information content (AvgIpc) is 1.88. The molecule has 60 valence electrons. The molecular weight excluding hydrogens is 154 g/mol. The Bertz CT molecular complexity index is 108. The zero-order valence-electron chi connectivity index (χ0n) is 5.93. The number of halogens is 1. The van der Waals surface area contributed by atoms with Crippen LogP contribution in [-0.4, -0.2) is 29.5 Å². The maximum Gasteiger partial charge on any atom is 0.221 e. The summed E-state index contributed by atoms with van der Waals surface area (Å²) in [4.78, 5) is 10.7. The minimum absolute atomic E-state index is 0.0337. The van der Waals surface area contributed by atoms with Crippen LogP contribution in [0.25, 0.3) is 0 Å². The summed E-state index contributed by atoms with van der Waals surface area (Å²) in [6, 6.07) is -0.171. The van der Waals surface area contributed by atoms with Gasteiger partial charge in [0.05, 0.1) is 6.61 Å². The standard InChI is InChI=1S/C6H12ClNO2/c1-5(4-9)8-6(10)2-3-7/h5,9H,2-4H2,1H3,(H,8,10)/t5-/m0/s1. The number of nitrogens with one attached hydrogen (secondary N) is 1. The van der Waals surface area contributed by atoms with E-state index in [1.165, 1.54) is 0 Å². The average molecular weight is 166 g/mol. The summed E-state index contributed by atoms with van der Waals surface area (Å²) in [5, 5.41) is 11.1. The molecule has 0 heterocycles. The van der Waals surface area contributed by atoms with Crippen LogP contribution < -0.4 is 5.32 Å². The second-order valence-corrected chi connectivity index (χ2v) is 2.47. The zero-order valence-corrected chi connectivity index (χ0v) is 6.69. The van der Waals surface area contributed by atoms with Crippen LogP contribution in [0.2, 0.25) is 0 Å². The molecule has 1 amide bonds. The van der Waals surface area contributed by atoms with E-state index in [1.807, 2.05) is 0 Å². The highest BCUT2D eigenvalue weighted by atomic mass is 35.5. The lowest BCUT2D eigenvalue weighted by molar-refractivity contribution is -0.121. The summed E-state index contributed by atoms with van der Waals surface area (Å²) in [5.41, 5.74) is 0. The summed E-state index contributed by atoms with van der Waals surface area (Å²) < 4.78 is 0. The van der Waals surface area contributed by atoms with Gasteiger partial charge in [-0.2, -0.15) is 0 Å². The van der Waals surface area contributed by atoms with Crippen LogP contribution in [0.5, 0.6) is 0 Å². The lowest BCUT2D eigenvalue weighted by Gasteiger charge is -2.08. The fourth-order valence-electron chi connectivity index (χ4n) is 0.478. The van der Waals surface area contributed by atoms with E-state index in [9.17, 15) is 4.79 Å². The maximum atomic E-state index is 10.7. The Balaban J connectivity index is 3.37. The third-order valence-corrected chi connectivity index (χ3v) is 1.19. The van der Waals surface area contributed by atoms with Crippen molar-refractivity contribution in [3.8, 4) is 0 Å². The molecule has 0 fully saturated rings. The van der Waals surface area contributed by atoms with Gasteiger partial charge in [0, 0.05) is 18.3 Å². The smallest absolute Gasteiger partial charge is 0.221 e. The number of aliphatic hydroxyl groups excluding tert-OH is 1. The molecule has 0 aliphatic rings. The summed E-state index contributed by atoms with van der Waals surface area (Å²) in [6.45, 7) is 1.69. The number of hydrogen-bond donors (Lipinski definition) is 2. The van der Waals surface area contributed by atoms with Gasteiger partial charge in [0.15, 0.2) is 0 Å². The maximum absolute atomic E-state index is 10.7. The van der Waals surface area contributed by atoms with Crippen LogP contribution in [0.1, 0.15) is 13.3 Å². The highest BCUT2D eigenvalue weighted by molar-refractivity contribution is 6.18. The topological polar surface area (TPSA) is 49.3 Å². The van der Waals surface area contributed by atoms with Gasteiger partial charge in [0.2, 0.25) is 5.91 Å². The molecule has 3 nitrogen and oxygen atoms in total. The SMILES string of the molecule is C[C@@H](CO)NC(=O)CCCl. The molecule has 0 aromatic heterocycles. The molecule has 0 aromatic carbocycles. The molecule has 0 saturated carbocycles.